The van der Waals surface area contributed by atoms with Gasteiger partial charge in [0.05, 0.1) is 23.7 Å². The summed E-state index contributed by atoms with van der Waals surface area (Å²) in [6.07, 6.45) is 1.83. The van der Waals surface area contributed by atoms with Gasteiger partial charge in [0, 0.05) is 7.05 Å². The highest BCUT2D eigenvalue weighted by Crippen LogP contribution is 2.22. The number of hydrogen-bond donors (Lipinski definition) is 0. The number of allylic oxidation sites excluding steroid dienone is 1. The van der Waals surface area contributed by atoms with Crippen LogP contribution in [0.2, 0.25) is 0 Å². The van der Waals surface area contributed by atoms with E-state index in [-0.39, 0.29) is 0 Å². The minimum Gasteiger partial charge on any atom is -0.497 e. The predicted molar refractivity (Wildman–Crippen MR) is 87.2 cm³/mol. The van der Waals surface area contributed by atoms with Gasteiger partial charge in [0.25, 0.3) is 0 Å². The monoisotopic (exact) mass is 289 g/mol. The summed E-state index contributed by atoms with van der Waals surface area (Å²) in [5.74, 6) is 1.46. The maximum atomic E-state index is 9.49. The lowest BCUT2D eigenvalue weighted by Crippen LogP contribution is -1.96. The molecule has 1 aromatic heterocycles. The minimum absolute atomic E-state index is 0.531. The fraction of sp³-hybridized carbons (Fsp3) is 0.111. The topological polar surface area (TPSA) is 50.8 Å². The van der Waals surface area contributed by atoms with E-state index in [1.54, 1.807) is 7.11 Å². The van der Waals surface area contributed by atoms with Gasteiger partial charge in [-0.2, -0.15) is 5.26 Å². The van der Waals surface area contributed by atoms with Crippen LogP contribution in [-0.4, -0.2) is 16.7 Å². The second kappa shape index (κ2) is 5.74. The number of para-hydroxylation sites is 2. The van der Waals surface area contributed by atoms with Crippen molar-refractivity contribution in [2.24, 2.45) is 7.05 Å². The summed E-state index contributed by atoms with van der Waals surface area (Å²) in [6.45, 7) is 0. The lowest BCUT2D eigenvalue weighted by molar-refractivity contribution is 0.415. The molecule has 108 valence electrons. The van der Waals surface area contributed by atoms with Crippen molar-refractivity contribution in [1.29, 1.82) is 5.26 Å². The maximum Gasteiger partial charge on any atom is 0.151 e. The van der Waals surface area contributed by atoms with Gasteiger partial charge >= 0.3 is 0 Å². The molecule has 0 saturated heterocycles. The molecule has 0 atom stereocenters. The molecule has 0 bridgehead atoms. The van der Waals surface area contributed by atoms with E-state index in [0.29, 0.717) is 11.4 Å². The molecule has 0 unspecified atom stereocenters. The molecule has 0 amide bonds. The van der Waals surface area contributed by atoms with Crippen LogP contribution in [0, 0.1) is 11.3 Å². The average Bonchev–Trinajstić information content (AvgIpc) is 2.90. The molecule has 0 aliphatic heterocycles. The lowest BCUT2D eigenvalue weighted by Gasteiger charge is -2.02. The Morgan fingerprint density at radius 3 is 2.55 bits per heavy atom. The third-order valence-electron chi connectivity index (χ3n) is 3.58. The number of fused-ring (bicyclic) bond motifs is 1. The lowest BCUT2D eigenvalue weighted by atomic mass is 10.1. The molecule has 3 aromatic rings. The Hall–Kier alpha value is -3.06. The number of benzene rings is 2. The zero-order chi connectivity index (χ0) is 15.5. The molecular weight excluding hydrogens is 274 g/mol. The van der Waals surface area contributed by atoms with Gasteiger partial charge in [0.15, 0.2) is 5.82 Å². The first-order valence-corrected chi connectivity index (χ1v) is 6.90. The number of hydrogen-bond acceptors (Lipinski definition) is 3. The minimum atomic E-state index is 0.531. The number of methoxy groups -OCH3 is 1. The van der Waals surface area contributed by atoms with E-state index in [0.717, 1.165) is 22.3 Å². The summed E-state index contributed by atoms with van der Waals surface area (Å²) >= 11 is 0. The first kappa shape index (κ1) is 13.9. The van der Waals surface area contributed by atoms with Gasteiger partial charge in [0.2, 0.25) is 0 Å². The van der Waals surface area contributed by atoms with Crippen molar-refractivity contribution < 1.29 is 4.74 Å². The SMILES string of the molecule is COc1ccc(C=C(C#N)c2nc3ccccc3n2C)cc1. The van der Waals surface area contributed by atoms with Gasteiger partial charge in [-0.3, -0.25) is 0 Å². The predicted octanol–water partition coefficient (Wildman–Crippen LogP) is 3.65. The Kier molecular flexibility index (Phi) is 3.63. The molecule has 2 aromatic carbocycles. The smallest absolute Gasteiger partial charge is 0.151 e. The van der Waals surface area contributed by atoms with Crippen molar-refractivity contribution in [1.82, 2.24) is 9.55 Å². The number of nitrogens with zero attached hydrogens (tertiary/aromatic N) is 3. The molecule has 0 radical (unpaired) electrons. The highest BCUT2D eigenvalue weighted by atomic mass is 16.5. The van der Waals surface area contributed by atoms with Crippen molar-refractivity contribution in [3.8, 4) is 11.8 Å². The van der Waals surface area contributed by atoms with Gasteiger partial charge in [-0.25, -0.2) is 4.98 Å². The Labute approximate surface area is 128 Å². The normalized spacial score (nSPS) is 11.4. The molecule has 0 fully saturated rings. The molecule has 0 spiro atoms. The van der Waals surface area contributed by atoms with E-state index in [2.05, 4.69) is 11.1 Å². The maximum absolute atomic E-state index is 9.49. The Morgan fingerprint density at radius 2 is 1.91 bits per heavy atom. The molecule has 0 saturated carbocycles. The van der Waals surface area contributed by atoms with Crippen LogP contribution < -0.4 is 4.74 Å². The van der Waals surface area contributed by atoms with Crippen LogP contribution >= 0.6 is 0 Å². The molecule has 0 aliphatic carbocycles. The zero-order valence-electron chi connectivity index (χ0n) is 12.4. The third-order valence-corrected chi connectivity index (χ3v) is 3.58. The van der Waals surface area contributed by atoms with Crippen LogP contribution in [-0.2, 0) is 7.05 Å². The third kappa shape index (κ3) is 2.45. The molecular formula is C18H15N3O. The summed E-state index contributed by atoms with van der Waals surface area (Å²) in [5, 5.41) is 9.49. The molecule has 1 heterocycles. The quantitative estimate of drug-likeness (QED) is 0.692. The van der Waals surface area contributed by atoms with Crippen molar-refractivity contribution >= 4 is 22.7 Å². The summed E-state index contributed by atoms with van der Waals surface area (Å²) < 4.78 is 7.08. The van der Waals surface area contributed by atoms with Crippen LogP contribution in [0.4, 0.5) is 0 Å². The number of nitriles is 1. The second-order valence-electron chi connectivity index (χ2n) is 4.93. The summed E-state index contributed by atoms with van der Waals surface area (Å²) in [6, 6.07) is 17.7. The summed E-state index contributed by atoms with van der Waals surface area (Å²) in [5.41, 5.74) is 3.36. The van der Waals surface area contributed by atoms with Crippen molar-refractivity contribution in [3.63, 3.8) is 0 Å². The van der Waals surface area contributed by atoms with Gasteiger partial charge in [-0.05, 0) is 35.9 Å². The number of aryl methyl sites for hydroxylation is 1. The Bertz CT molecular complexity index is 883. The molecule has 0 aliphatic rings. The number of imidazole rings is 1. The Morgan fingerprint density at radius 1 is 1.18 bits per heavy atom. The first-order valence-electron chi connectivity index (χ1n) is 6.90. The first-order chi connectivity index (χ1) is 10.7. The van der Waals surface area contributed by atoms with E-state index in [1.807, 2.05) is 66.2 Å². The van der Waals surface area contributed by atoms with Crippen molar-refractivity contribution in [2.75, 3.05) is 7.11 Å². The summed E-state index contributed by atoms with van der Waals surface area (Å²) in [7, 11) is 3.55. The van der Waals surface area contributed by atoms with Crippen molar-refractivity contribution in [3.05, 3.63) is 59.9 Å². The van der Waals surface area contributed by atoms with Crippen LogP contribution in [0.5, 0.6) is 5.75 Å². The highest BCUT2D eigenvalue weighted by molar-refractivity contribution is 5.90. The van der Waals surface area contributed by atoms with Crippen LogP contribution in [0.25, 0.3) is 22.7 Å². The van der Waals surface area contributed by atoms with E-state index in [1.165, 1.54) is 0 Å². The zero-order valence-corrected chi connectivity index (χ0v) is 12.4. The largest absolute Gasteiger partial charge is 0.497 e. The average molecular weight is 289 g/mol. The van der Waals surface area contributed by atoms with E-state index >= 15 is 0 Å². The van der Waals surface area contributed by atoms with Crippen LogP contribution in [0.15, 0.2) is 48.5 Å². The molecule has 22 heavy (non-hydrogen) atoms. The molecule has 4 nitrogen and oxygen atoms in total. The fourth-order valence-corrected chi connectivity index (χ4v) is 2.40. The van der Waals surface area contributed by atoms with Crippen LogP contribution in [0.3, 0.4) is 0 Å². The molecule has 0 N–H and O–H groups in total. The highest BCUT2D eigenvalue weighted by Gasteiger charge is 2.11. The standard InChI is InChI=1S/C18H15N3O/c1-21-17-6-4-3-5-16(17)20-18(21)14(12-19)11-13-7-9-15(22-2)10-8-13/h3-11H,1-2H3. The summed E-state index contributed by atoms with van der Waals surface area (Å²) in [4.78, 5) is 4.56. The van der Waals surface area contributed by atoms with Gasteiger partial charge < -0.3 is 9.30 Å². The fourth-order valence-electron chi connectivity index (χ4n) is 2.40. The number of aromatic nitrogens is 2. The van der Waals surface area contributed by atoms with E-state index in [9.17, 15) is 5.26 Å². The van der Waals surface area contributed by atoms with Crippen molar-refractivity contribution in [2.45, 2.75) is 0 Å². The molecule has 4 heteroatoms. The number of rotatable bonds is 3. The molecule has 3 rings (SSSR count). The van der Waals surface area contributed by atoms with Gasteiger partial charge in [0.1, 0.15) is 11.8 Å². The number of ether oxygens (including phenoxy) is 1. The van der Waals surface area contributed by atoms with Gasteiger partial charge in [-0.1, -0.05) is 24.3 Å². The second-order valence-corrected chi connectivity index (χ2v) is 4.93. The Balaban J connectivity index is 2.07. The van der Waals surface area contributed by atoms with Crippen LogP contribution in [0.1, 0.15) is 11.4 Å². The van der Waals surface area contributed by atoms with E-state index in [4.69, 9.17) is 4.74 Å². The van der Waals surface area contributed by atoms with E-state index < -0.39 is 0 Å². The van der Waals surface area contributed by atoms with Gasteiger partial charge in [-0.15, -0.1) is 0 Å².